The van der Waals surface area contributed by atoms with Gasteiger partial charge < -0.3 is 15.4 Å². The van der Waals surface area contributed by atoms with E-state index in [0.717, 1.165) is 38.8 Å². The van der Waals surface area contributed by atoms with Gasteiger partial charge in [-0.1, -0.05) is 0 Å². The van der Waals surface area contributed by atoms with Gasteiger partial charge in [-0.15, -0.1) is 0 Å². The average molecular weight is 294 g/mol. The molecule has 1 aromatic rings. The number of ether oxygens (including phenoxy) is 1. The van der Waals surface area contributed by atoms with Crippen LogP contribution in [-0.4, -0.2) is 41.2 Å². The Labute approximate surface area is 122 Å². The third-order valence-corrected chi connectivity index (χ3v) is 4.32. The summed E-state index contributed by atoms with van der Waals surface area (Å²) in [5, 5.41) is 0. The molecule has 2 fully saturated rings. The molecule has 21 heavy (non-hydrogen) atoms. The summed E-state index contributed by atoms with van der Waals surface area (Å²) >= 11 is 0. The van der Waals surface area contributed by atoms with Gasteiger partial charge in [0.15, 0.2) is 5.82 Å². The minimum Gasteiger partial charge on any atom is -0.367 e. The molecule has 7 heteroatoms. The van der Waals surface area contributed by atoms with Crippen molar-refractivity contribution >= 4 is 11.9 Å². The maximum absolute atomic E-state index is 12.8. The van der Waals surface area contributed by atoms with Crippen LogP contribution in [0.2, 0.25) is 0 Å². The van der Waals surface area contributed by atoms with Crippen molar-refractivity contribution in [3.8, 4) is 0 Å². The summed E-state index contributed by atoms with van der Waals surface area (Å²) in [5.41, 5.74) is 5.28. The van der Waals surface area contributed by atoms with Gasteiger partial charge in [-0.3, -0.25) is 4.79 Å². The molecule has 2 saturated heterocycles. The van der Waals surface area contributed by atoms with Crippen molar-refractivity contribution in [2.24, 2.45) is 11.7 Å². The van der Waals surface area contributed by atoms with Gasteiger partial charge in [0.25, 0.3) is 0 Å². The fourth-order valence-corrected chi connectivity index (χ4v) is 3.16. The maximum atomic E-state index is 12.8. The van der Waals surface area contributed by atoms with Crippen molar-refractivity contribution in [3.63, 3.8) is 0 Å². The predicted octanol–water partition coefficient (Wildman–Crippen LogP) is 0.865. The molecule has 1 aromatic heterocycles. The van der Waals surface area contributed by atoms with Gasteiger partial charge in [-0.05, 0) is 31.6 Å². The van der Waals surface area contributed by atoms with Gasteiger partial charge in [0.05, 0.1) is 18.5 Å². The maximum Gasteiger partial charge on any atom is 0.246 e. The van der Waals surface area contributed by atoms with Crippen LogP contribution in [0.25, 0.3) is 0 Å². The van der Waals surface area contributed by atoms with Crippen LogP contribution in [0.1, 0.15) is 25.7 Å². The Morgan fingerprint density at radius 3 is 2.48 bits per heavy atom. The highest BCUT2D eigenvalue weighted by atomic mass is 19.1. The van der Waals surface area contributed by atoms with E-state index >= 15 is 0 Å². The van der Waals surface area contributed by atoms with E-state index < -0.39 is 11.9 Å². The summed E-state index contributed by atoms with van der Waals surface area (Å²) in [5.74, 6) is 0.211. The number of nitrogens with two attached hydrogens (primary N) is 1. The molecule has 0 spiro atoms. The molecule has 0 bridgehead atoms. The number of amides is 1. The molecule has 1 amide bonds. The van der Waals surface area contributed by atoms with E-state index in [9.17, 15) is 9.18 Å². The van der Waals surface area contributed by atoms with Crippen molar-refractivity contribution in [2.75, 3.05) is 18.0 Å². The zero-order valence-corrected chi connectivity index (χ0v) is 11.7. The number of hydrogen-bond acceptors (Lipinski definition) is 5. The van der Waals surface area contributed by atoms with Gasteiger partial charge in [0.1, 0.15) is 6.10 Å². The standard InChI is InChI=1S/C14H19FN4O2/c15-10-7-17-14(18-8-10)19-5-3-9(4-6-19)11-1-2-12(21-11)13(16)20/h7-9,11-12H,1-6H2,(H2,16,20)/t11-,12+/m0/s1. The molecule has 3 heterocycles. The molecule has 2 aliphatic rings. The van der Waals surface area contributed by atoms with Crippen molar-refractivity contribution in [1.82, 2.24) is 9.97 Å². The highest BCUT2D eigenvalue weighted by Gasteiger charge is 2.36. The monoisotopic (exact) mass is 294 g/mol. The minimum atomic E-state index is -0.425. The van der Waals surface area contributed by atoms with Crippen molar-refractivity contribution < 1.29 is 13.9 Å². The molecule has 0 saturated carbocycles. The van der Waals surface area contributed by atoms with Crippen LogP contribution in [-0.2, 0) is 9.53 Å². The quantitative estimate of drug-likeness (QED) is 0.894. The predicted molar refractivity (Wildman–Crippen MR) is 74.0 cm³/mol. The summed E-state index contributed by atoms with van der Waals surface area (Å²) in [7, 11) is 0. The van der Waals surface area contributed by atoms with E-state index in [1.807, 2.05) is 0 Å². The van der Waals surface area contributed by atoms with Gasteiger partial charge in [-0.2, -0.15) is 0 Å². The summed E-state index contributed by atoms with van der Waals surface area (Å²) in [4.78, 5) is 21.2. The van der Waals surface area contributed by atoms with Crippen molar-refractivity contribution in [3.05, 3.63) is 18.2 Å². The molecule has 3 rings (SSSR count). The number of hydrogen-bond donors (Lipinski definition) is 1. The number of halogens is 1. The molecule has 6 nitrogen and oxygen atoms in total. The van der Waals surface area contributed by atoms with E-state index in [-0.39, 0.29) is 12.0 Å². The first-order chi connectivity index (χ1) is 10.1. The lowest BCUT2D eigenvalue weighted by atomic mass is 9.90. The fourth-order valence-electron chi connectivity index (χ4n) is 3.16. The first-order valence-electron chi connectivity index (χ1n) is 7.31. The number of aromatic nitrogens is 2. The molecule has 2 aliphatic heterocycles. The number of carbonyl (C=O) groups excluding carboxylic acids is 1. The van der Waals surface area contributed by atoms with Crippen LogP contribution in [0.5, 0.6) is 0 Å². The van der Waals surface area contributed by atoms with E-state index in [1.54, 1.807) is 0 Å². The molecule has 0 aromatic carbocycles. The number of rotatable bonds is 3. The summed E-state index contributed by atoms with van der Waals surface area (Å²) in [6.07, 6.45) is 5.60. The second-order valence-corrected chi connectivity index (χ2v) is 5.67. The van der Waals surface area contributed by atoms with E-state index in [4.69, 9.17) is 10.5 Å². The highest BCUT2D eigenvalue weighted by Crippen LogP contribution is 2.32. The van der Waals surface area contributed by atoms with E-state index in [2.05, 4.69) is 14.9 Å². The molecule has 114 valence electrons. The molecular weight excluding hydrogens is 275 g/mol. The van der Waals surface area contributed by atoms with Crippen molar-refractivity contribution in [1.29, 1.82) is 0 Å². The minimum absolute atomic E-state index is 0.124. The molecule has 0 unspecified atom stereocenters. The number of anilines is 1. The van der Waals surface area contributed by atoms with Crippen LogP contribution in [0, 0.1) is 11.7 Å². The molecule has 2 N–H and O–H groups in total. The Balaban J connectivity index is 1.53. The molecule has 0 aliphatic carbocycles. The van der Waals surface area contributed by atoms with Gasteiger partial charge in [0, 0.05) is 13.1 Å². The summed E-state index contributed by atoms with van der Waals surface area (Å²) < 4.78 is 18.6. The third-order valence-electron chi connectivity index (χ3n) is 4.32. The Hall–Kier alpha value is -1.76. The Bertz CT molecular complexity index is 502. The van der Waals surface area contributed by atoms with Crippen LogP contribution in [0.3, 0.4) is 0 Å². The average Bonchev–Trinajstić information content (AvgIpc) is 2.98. The number of nitrogens with zero attached hydrogens (tertiary/aromatic N) is 3. The van der Waals surface area contributed by atoms with Crippen LogP contribution in [0.4, 0.5) is 10.3 Å². The highest BCUT2D eigenvalue weighted by molar-refractivity contribution is 5.79. The van der Waals surface area contributed by atoms with E-state index in [1.165, 1.54) is 12.4 Å². The smallest absolute Gasteiger partial charge is 0.246 e. The number of primary amides is 1. The number of piperidine rings is 1. The summed E-state index contributed by atoms with van der Waals surface area (Å²) in [6.45, 7) is 1.63. The molecular formula is C14H19FN4O2. The van der Waals surface area contributed by atoms with Gasteiger partial charge in [-0.25, -0.2) is 14.4 Å². The third kappa shape index (κ3) is 3.12. The molecule has 2 atom stereocenters. The Morgan fingerprint density at radius 1 is 1.24 bits per heavy atom. The largest absolute Gasteiger partial charge is 0.367 e. The zero-order valence-electron chi connectivity index (χ0n) is 11.7. The topological polar surface area (TPSA) is 81.3 Å². The lowest BCUT2D eigenvalue weighted by Crippen LogP contribution is -2.39. The van der Waals surface area contributed by atoms with Crippen LogP contribution >= 0.6 is 0 Å². The Morgan fingerprint density at radius 2 is 1.90 bits per heavy atom. The second-order valence-electron chi connectivity index (χ2n) is 5.67. The fraction of sp³-hybridized carbons (Fsp3) is 0.643. The van der Waals surface area contributed by atoms with Crippen LogP contribution in [0.15, 0.2) is 12.4 Å². The number of carbonyl (C=O) groups is 1. The summed E-state index contributed by atoms with van der Waals surface area (Å²) in [6, 6.07) is 0. The lowest BCUT2D eigenvalue weighted by Gasteiger charge is -2.34. The van der Waals surface area contributed by atoms with Crippen LogP contribution < -0.4 is 10.6 Å². The van der Waals surface area contributed by atoms with Gasteiger partial charge in [0.2, 0.25) is 11.9 Å². The lowest BCUT2D eigenvalue weighted by molar-refractivity contribution is -0.130. The van der Waals surface area contributed by atoms with Crippen molar-refractivity contribution in [2.45, 2.75) is 37.9 Å². The zero-order chi connectivity index (χ0) is 14.8. The Kier molecular flexibility index (Phi) is 4.01. The van der Waals surface area contributed by atoms with Gasteiger partial charge >= 0.3 is 0 Å². The first-order valence-corrected chi connectivity index (χ1v) is 7.31. The molecule has 0 radical (unpaired) electrons. The normalized spacial score (nSPS) is 27.0. The van der Waals surface area contributed by atoms with E-state index in [0.29, 0.717) is 11.9 Å². The second kappa shape index (κ2) is 5.93. The first kappa shape index (κ1) is 14.2. The SMILES string of the molecule is NC(=O)[C@H]1CC[C@@H](C2CCN(c3ncc(F)cn3)CC2)O1.